The summed E-state index contributed by atoms with van der Waals surface area (Å²) in [5, 5.41) is 3.47. The van der Waals surface area contributed by atoms with Crippen molar-refractivity contribution in [3.05, 3.63) is 12.4 Å². The Morgan fingerprint density at radius 1 is 1.47 bits per heavy atom. The van der Waals surface area contributed by atoms with Gasteiger partial charge in [0.25, 0.3) is 0 Å². The van der Waals surface area contributed by atoms with Crippen LogP contribution in [0.25, 0.3) is 0 Å². The van der Waals surface area contributed by atoms with Crippen molar-refractivity contribution in [2.24, 2.45) is 13.0 Å². The maximum absolute atomic E-state index is 4.28. The van der Waals surface area contributed by atoms with Crippen LogP contribution >= 0.6 is 0 Å². The van der Waals surface area contributed by atoms with Gasteiger partial charge in [-0.2, -0.15) is 0 Å². The molecular weight excluding hydrogens is 188 g/mol. The highest BCUT2D eigenvalue weighted by molar-refractivity contribution is 5.27. The third-order valence-electron chi connectivity index (χ3n) is 2.50. The van der Waals surface area contributed by atoms with E-state index < -0.39 is 0 Å². The van der Waals surface area contributed by atoms with Crippen LogP contribution in [-0.4, -0.2) is 41.1 Å². The quantitative estimate of drug-likeness (QED) is 0.798. The van der Waals surface area contributed by atoms with Crippen LogP contribution in [0.15, 0.2) is 12.4 Å². The van der Waals surface area contributed by atoms with E-state index in [1.165, 1.54) is 0 Å². The van der Waals surface area contributed by atoms with Crippen LogP contribution < -0.4 is 5.32 Å². The van der Waals surface area contributed by atoms with Crippen molar-refractivity contribution in [2.75, 3.05) is 26.0 Å². The number of aryl methyl sites for hydroxylation is 1. The van der Waals surface area contributed by atoms with E-state index in [2.05, 4.69) is 43.1 Å². The summed E-state index contributed by atoms with van der Waals surface area (Å²) in [6.45, 7) is 5.47. The molecule has 0 radical (unpaired) electrons. The first-order valence-electron chi connectivity index (χ1n) is 5.39. The standard InChI is InChI=1S/C11H22N4/c1-9(2)10(8-14(3)4)13-11-12-6-7-15(11)5/h6-7,9-10H,8H2,1-5H3,(H,12,13). The summed E-state index contributed by atoms with van der Waals surface area (Å²) in [5.74, 6) is 1.53. The largest absolute Gasteiger partial charge is 0.351 e. The Balaban J connectivity index is 2.63. The second-order valence-corrected chi connectivity index (χ2v) is 4.62. The van der Waals surface area contributed by atoms with E-state index in [0.717, 1.165) is 12.5 Å². The van der Waals surface area contributed by atoms with E-state index >= 15 is 0 Å². The maximum atomic E-state index is 4.28. The summed E-state index contributed by atoms with van der Waals surface area (Å²) >= 11 is 0. The monoisotopic (exact) mass is 210 g/mol. The number of nitrogens with one attached hydrogen (secondary N) is 1. The van der Waals surface area contributed by atoms with Gasteiger partial charge in [0, 0.05) is 32.0 Å². The molecule has 0 spiro atoms. The average molecular weight is 210 g/mol. The van der Waals surface area contributed by atoms with Gasteiger partial charge in [0.15, 0.2) is 0 Å². The van der Waals surface area contributed by atoms with Gasteiger partial charge in [0.2, 0.25) is 5.95 Å². The van der Waals surface area contributed by atoms with Gasteiger partial charge >= 0.3 is 0 Å². The molecule has 1 aromatic heterocycles. The second-order valence-electron chi connectivity index (χ2n) is 4.62. The minimum Gasteiger partial charge on any atom is -0.351 e. The van der Waals surface area contributed by atoms with E-state index in [4.69, 9.17) is 0 Å². The molecule has 1 N–H and O–H groups in total. The first-order chi connectivity index (χ1) is 7.00. The number of anilines is 1. The number of rotatable bonds is 5. The second kappa shape index (κ2) is 5.16. The van der Waals surface area contributed by atoms with Crippen LogP contribution in [0.3, 0.4) is 0 Å². The maximum Gasteiger partial charge on any atom is 0.202 e. The highest BCUT2D eigenvalue weighted by Crippen LogP contribution is 2.10. The molecule has 0 fully saturated rings. The van der Waals surface area contributed by atoms with Crippen LogP contribution in [-0.2, 0) is 7.05 Å². The van der Waals surface area contributed by atoms with Gasteiger partial charge < -0.3 is 14.8 Å². The molecule has 86 valence electrons. The number of likely N-dealkylation sites (N-methyl/N-ethyl adjacent to an activating group) is 1. The topological polar surface area (TPSA) is 33.1 Å². The van der Waals surface area contributed by atoms with Gasteiger partial charge in [-0.15, -0.1) is 0 Å². The van der Waals surface area contributed by atoms with Gasteiger partial charge in [-0.05, 0) is 20.0 Å². The van der Waals surface area contributed by atoms with Crippen molar-refractivity contribution in [3.63, 3.8) is 0 Å². The Morgan fingerprint density at radius 3 is 2.53 bits per heavy atom. The van der Waals surface area contributed by atoms with E-state index in [9.17, 15) is 0 Å². The lowest BCUT2D eigenvalue weighted by Gasteiger charge is -2.26. The van der Waals surface area contributed by atoms with E-state index in [-0.39, 0.29) is 0 Å². The molecule has 0 aliphatic heterocycles. The first kappa shape index (κ1) is 12.0. The molecule has 0 bridgehead atoms. The van der Waals surface area contributed by atoms with Crippen molar-refractivity contribution in [1.29, 1.82) is 0 Å². The van der Waals surface area contributed by atoms with Crippen LogP contribution in [0, 0.1) is 5.92 Å². The molecule has 1 aromatic rings. The molecule has 0 aliphatic carbocycles. The molecular formula is C11H22N4. The number of imidazole rings is 1. The minimum absolute atomic E-state index is 0.432. The third kappa shape index (κ3) is 3.55. The van der Waals surface area contributed by atoms with Gasteiger partial charge in [-0.25, -0.2) is 4.98 Å². The highest BCUT2D eigenvalue weighted by atomic mass is 15.2. The Kier molecular flexibility index (Phi) is 4.15. The van der Waals surface area contributed by atoms with E-state index in [0.29, 0.717) is 12.0 Å². The smallest absolute Gasteiger partial charge is 0.202 e. The molecule has 0 saturated carbocycles. The molecule has 0 aromatic carbocycles. The fourth-order valence-electron chi connectivity index (χ4n) is 1.49. The van der Waals surface area contributed by atoms with Crippen molar-refractivity contribution in [2.45, 2.75) is 19.9 Å². The molecule has 1 atom stereocenters. The lowest BCUT2D eigenvalue weighted by molar-refractivity contribution is 0.343. The third-order valence-corrected chi connectivity index (χ3v) is 2.50. The zero-order chi connectivity index (χ0) is 11.4. The fourth-order valence-corrected chi connectivity index (χ4v) is 1.49. The fraction of sp³-hybridized carbons (Fsp3) is 0.727. The molecule has 1 rings (SSSR count). The van der Waals surface area contributed by atoms with E-state index in [1.54, 1.807) is 0 Å². The predicted molar refractivity (Wildman–Crippen MR) is 64.0 cm³/mol. The van der Waals surface area contributed by atoms with Gasteiger partial charge in [0.05, 0.1) is 0 Å². The predicted octanol–water partition coefficient (Wildman–Crippen LogP) is 1.42. The van der Waals surface area contributed by atoms with Crippen molar-refractivity contribution >= 4 is 5.95 Å². The highest BCUT2D eigenvalue weighted by Gasteiger charge is 2.15. The SMILES string of the molecule is CC(C)C(CN(C)C)Nc1nccn1C. The first-order valence-corrected chi connectivity index (χ1v) is 5.39. The van der Waals surface area contributed by atoms with Crippen LogP contribution in [0.4, 0.5) is 5.95 Å². The van der Waals surface area contributed by atoms with Gasteiger partial charge in [0.1, 0.15) is 0 Å². The van der Waals surface area contributed by atoms with Crippen LogP contribution in [0.5, 0.6) is 0 Å². The molecule has 4 nitrogen and oxygen atoms in total. The zero-order valence-corrected chi connectivity index (χ0v) is 10.4. The van der Waals surface area contributed by atoms with E-state index in [1.807, 2.05) is 24.0 Å². The summed E-state index contributed by atoms with van der Waals surface area (Å²) in [6.07, 6.45) is 3.77. The lowest BCUT2D eigenvalue weighted by atomic mass is 10.0. The Morgan fingerprint density at radius 2 is 2.13 bits per heavy atom. The summed E-state index contributed by atoms with van der Waals surface area (Å²) in [4.78, 5) is 6.47. The molecule has 0 amide bonds. The average Bonchev–Trinajstić information content (AvgIpc) is 2.50. The summed E-state index contributed by atoms with van der Waals surface area (Å²) < 4.78 is 2.00. The van der Waals surface area contributed by atoms with Gasteiger partial charge in [-0.3, -0.25) is 0 Å². The number of hydrogen-bond acceptors (Lipinski definition) is 3. The molecule has 0 aliphatic rings. The molecule has 1 unspecified atom stereocenters. The van der Waals surface area contributed by atoms with Crippen LogP contribution in [0.2, 0.25) is 0 Å². The Bertz CT molecular complexity index is 291. The van der Waals surface area contributed by atoms with Crippen molar-refractivity contribution in [3.8, 4) is 0 Å². The van der Waals surface area contributed by atoms with Crippen LogP contribution in [0.1, 0.15) is 13.8 Å². The number of nitrogens with zero attached hydrogens (tertiary/aromatic N) is 3. The summed E-state index contributed by atoms with van der Waals surface area (Å²) in [6, 6.07) is 0.432. The number of hydrogen-bond donors (Lipinski definition) is 1. The summed E-state index contributed by atoms with van der Waals surface area (Å²) in [5.41, 5.74) is 0. The lowest BCUT2D eigenvalue weighted by Crippen LogP contribution is -2.37. The Labute approximate surface area is 92.3 Å². The molecule has 4 heteroatoms. The Hall–Kier alpha value is -1.03. The molecule has 15 heavy (non-hydrogen) atoms. The normalized spacial score (nSPS) is 13.5. The summed E-state index contributed by atoms with van der Waals surface area (Å²) in [7, 11) is 6.19. The van der Waals surface area contributed by atoms with Crippen molar-refractivity contribution < 1.29 is 0 Å². The minimum atomic E-state index is 0.432. The van der Waals surface area contributed by atoms with Gasteiger partial charge in [-0.1, -0.05) is 13.8 Å². The van der Waals surface area contributed by atoms with Crippen molar-refractivity contribution in [1.82, 2.24) is 14.5 Å². The zero-order valence-electron chi connectivity index (χ0n) is 10.4. The molecule has 1 heterocycles. The molecule has 0 saturated heterocycles. The number of aromatic nitrogens is 2.